The second-order valence-electron chi connectivity index (χ2n) is 25.5. The van der Waals surface area contributed by atoms with Crippen molar-refractivity contribution in [2.24, 2.45) is 34.5 Å². The second kappa shape index (κ2) is 21.7. The van der Waals surface area contributed by atoms with Crippen molar-refractivity contribution in [1.29, 1.82) is 0 Å². The lowest BCUT2D eigenvalue weighted by Crippen LogP contribution is -2.65. The molecule has 76 heavy (non-hydrogen) atoms. The van der Waals surface area contributed by atoms with Crippen molar-refractivity contribution in [1.82, 2.24) is 0 Å². The molecule has 0 unspecified atom stereocenters. The van der Waals surface area contributed by atoms with E-state index in [2.05, 4.69) is 57.5 Å². The minimum atomic E-state index is -0.642. The molecule has 3 aromatic carbocycles. The van der Waals surface area contributed by atoms with Gasteiger partial charge in [0.1, 0.15) is 50.7 Å². The predicted octanol–water partition coefficient (Wildman–Crippen LogP) is 13.4. The minimum absolute atomic E-state index is 0.0367. The van der Waals surface area contributed by atoms with E-state index in [1.807, 2.05) is 53.7 Å². The highest BCUT2D eigenvalue weighted by atomic mass is 79.9. The molecule has 6 saturated carbocycles. The first kappa shape index (κ1) is 60.4. The summed E-state index contributed by atoms with van der Waals surface area (Å²) < 4.78 is 59.2. The van der Waals surface area contributed by atoms with E-state index in [9.17, 15) is 14.4 Å². The maximum Gasteiger partial charge on any atom is 0.498 e. The molecule has 6 aliphatic carbocycles. The zero-order valence-electron chi connectivity index (χ0n) is 47.4. The number of carbonyl (C=O) groups is 3. The van der Waals surface area contributed by atoms with Crippen molar-refractivity contribution in [3.63, 3.8) is 0 Å². The fraction of sp³-hybridized carbons (Fsp3) is 0.632. The molecule has 19 heteroatoms. The highest BCUT2D eigenvalue weighted by Crippen LogP contribution is 2.67. The summed E-state index contributed by atoms with van der Waals surface area (Å²) in [6, 6.07) is 10.4. The maximum atomic E-state index is 12.8. The van der Waals surface area contributed by atoms with Crippen molar-refractivity contribution in [2.45, 2.75) is 176 Å². The summed E-state index contributed by atoms with van der Waals surface area (Å²) in [5.41, 5.74) is 0.275. The van der Waals surface area contributed by atoms with Crippen LogP contribution in [0.25, 0.3) is 0 Å². The van der Waals surface area contributed by atoms with Crippen LogP contribution in [0.3, 0.4) is 0 Å². The largest absolute Gasteiger partial charge is 0.498 e. The quantitative estimate of drug-likeness (QED) is 0.114. The van der Waals surface area contributed by atoms with Gasteiger partial charge in [0.15, 0.2) is 0 Å². The van der Waals surface area contributed by atoms with Crippen LogP contribution in [-0.2, 0) is 39.1 Å². The first-order chi connectivity index (χ1) is 35.0. The summed E-state index contributed by atoms with van der Waals surface area (Å²) in [4.78, 5) is 37.6. The molecule has 2 aliphatic heterocycles. The Morgan fingerprint density at radius 3 is 1.39 bits per heavy atom. The molecule has 3 aromatic rings. The standard InChI is InChI=1S/C23H32BClO5.C22H30BClO5.C12H14BrClO3/c1-21(2,3)28-20(26)18-15(25)9-8-13(19(18)27-7)12-24-29-17-11-14-10-16(22(14,4)5)23(17,6)30-24;1-20(2,3)27-19(25)17-14(24)9-8-13(18(17)26-7)23-28-16-11-12-10-15(21(12,4)5)22(16,6)29-23;1-12(2,3)17-11(15)9-8(14)6-5-7(13)10(9)16-4/h8-9,14,16-17H,10-12H2,1-7H3;8-9,12,15-16H,10-11H2,1-7H3;5-6H,1-4H3/t14-,16-,17+,23-;12-,15-,16+,22-;/m00./s1. The van der Waals surface area contributed by atoms with Crippen LogP contribution in [-0.4, -0.2) is 93.7 Å². The molecule has 0 spiro atoms. The zero-order valence-corrected chi connectivity index (χ0v) is 51.3. The van der Waals surface area contributed by atoms with Crippen LogP contribution in [0, 0.1) is 34.5 Å². The van der Waals surface area contributed by atoms with Crippen LogP contribution in [0.1, 0.15) is 166 Å². The van der Waals surface area contributed by atoms with E-state index < -0.39 is 41.8 Å². The summed E-state index contributed by atoms with van der Waals surface area (Å²) >= 11 is 22.0. The van der Waals surface area contributed by atoms with Crippen LogP contribution < -0.4 is 19.7 Å². The lowest BCUT2D eigenvalue weighted by molar-refractivity contribution is -0.199. The third-order valence-electron chi connectivity index (χ3n) is 16.4. The Labute approximate surface area is 474 Å². The van der Waals surface area contributed by atoms with Gasteiger partial charge in [-0.1, -0.05) is 74.6 Å². The Kier molecular flexibility index (Phi) is 17.2. The number of rotatable bonds is 9. The van der Waals surface area contributed by atoms with Gasteiger partial charge in [-0.2, -0.15) is 0 Å². The summed E-state index contributed by atoms with van der Waals surface area (Å²) in [7, 11) is 3.56. The van der Waals surface area contributed by atoms with Crippen molar-refractivity contribution >= 4 is 88.3 Å². The molecule has 2 heterocycles. The molecule has 0 radical (unpaired) electrons. The molecule has 8 fully saturated rings. The SMILES string of the molecule is COc1c(B2O[C@@H]3C[C@@H]4C[C@@H](C4(C)C)[C@]3(C)O2)ccc(Cl)c1C(=O)OC(C)(C)C.COc1c(Br)ccc(Cl)c1C(=O)OC(C)(C)C.COc1c(CB2O[C@@H]3C[C@@H]4C[C@@H](C4(C)C)[C@]3(C)O2)ccc(Cl)c1C(=O)OC(C)(C)C. The summed E-state index contributed by atoms with van der Waals surface area (Å²) in [6.07, 6.45) is 5.06. The van der Waals surface area contributed by atoms with Gasteiger partial charge >= 0.3 is 32.1 Å². The lowest BCUT2D eigenvalue weighted by Gasteiger charge is -2.64. The van der Waals surface area contributed by atoms with Crippen molar-refractivity contribution < 1.29 is 61.4 Å². The third kappa shape index (κ3) is 11.8. The third-order valence-corrected chi connectivity index (χ3v) is 18.0. The monoisotopic (exact) mass is 1170 g/mol. The van der Waals surface area contributed by atoms with Crippen molar-refractivity contribution in [2.75, 3.05) is 21.3 Å². The summed E-state index contributed by atoms with van der Waals surface area (Å²) in [6.45, 7) is 30.0. The molecule has 2 saturated heterocycles. The summed E-state index contributed by atoms with van der Waals surface area (Å²) in [5.74, 6) is 1.96. The number of benzene rings is 3. The number of methoxy groups -OCH3 is 3. The van der Waals surface area contributed by atoms with E-state index >= 15 is 0 Å². The Bertz CT molecular complexity index is 2720. The van der Waals surface area contributed by atoms with Crippen LogP contribution >= 0.6 is 50.7 Å². The molecule has 13 nitrogen and oxygen atoms in total. The van der Waals surface area contributed by atoms with Crippen LogP contribution in [0.2, 0.25) is 15.1 Å². The first-order valence-electron chi connectivity index (χ1n) is 26.1. The van der Waals surface area contributed by atoms with Crippen LogP contribution in [0.4, 0.5) is 0 Å². The van der Waals surface area contributed by atoms with Gasteiger partial charge in [0.2, 0.25) is 0 Å². The minimum Gasteiger partial charge on any atom is -0.496 e. The van der Waals surface area contributed by atoms with E-state index in [1.54, 1.807) is 45.0 Å². The lowest BCUT2D eigenvalue weighted by atomic mass is 9.43. The van der Waals surface area contributed by atoms with Gasteiger partial charge in [0.25, 0.3) is 0 Å². The van der Waals surface area contributed by atoms with Gasteiger partial charge in [-0.3, -0.25) is 0 Å². The maximum absolute atomic E-state index is 12.8. The molecular formula is C57H76B2BrCl3O13. The van der Waals surface area contributed by atoms with Crippen molar-refractivity contribution in [3.05, 3.63) is 78.2 Å². The fourth-order valence-corrected chi connectivity index (χ4v) is 13.7. The molecule has 8 atom stereocenters. The molecule has 416 valence electrons. The van der Waals surface area contributed by atoms with E-state index in [0.717, 1.165) is 18.4 Å². The van der Waals surface area contributed by atoms with Gasteiger partial charge in [-0.05, 0) is 182 Å². The Morgan fingerprint density at radius 2 is 0.961 bits per heavy atom. The smallest absolute Gasteiger partial charge is 0.496 e. The number of hydrogen-bond donors (Lipinski definition) is 0. The molecule has 8 aliphatic rings. The van der Waals surface area contributed by atoms with E-state index in [0.29, 0.717) is 72.6 Å². The second-order valence-corrected chi connectivity index (χ2v) is 27.6. The number of halogens is 4. The number of esters is 3. The van der Waals surface area contributed by atoms with E-state index in [4.69, 9.17) is 81.8 Å². The molecule has 0 amide bonds. The van der Waals surface area contributed by atoms with Crippen molar-refractivity contribution in [3.8, 4) is 17.2 Å². The number of ether oxygens (including phenoxy) is 6. The topological polar surface area (TPSA) is 144 Å². The van der Waals surface area contributed by atoms with Gasteiger partial charge in [0, 0.05) is 11.8 Å². The van der Waals surface area contributed by atoms with Crippen LogP contribution in [0.5, 0.6) is 17.2 Å². The highest BCUT2D eigenvalue weighted by Gasteiger charge is 2.69. The molecule has 0 N–H and O–H groups in total. The summed E-state index contributed by atoms with van der Waals surface area (Å²) in [5, 5.41) is 0.894. The van der Waals surface area contributed by atoms with Gasteiger partial charge in [0.05, 0.1) is 64.3 Å². The molecule has 4 bridgehead atoms. The first-order valence-corrected chi connectivity index (χ1v) is 28.0. The highest BCUT2D eigenvalue weighted by molar-refractivity contribution is 9.10. The predicted molar refractivity (Wildman–Crippen MR) is 301 cm³/mol. The zero-order chi connectivity index (χ0) is 56.6. The molecular weight excluding hydrogens is 1100 g/mol. The van der Waals surface area contributed by atoms with E-state index in [-0.39, 0.29) is 57.7 Å². The fourth-order valence-electron chi connectivity index (χ4n) is 12.5. The average molecular weight is 1180 g/mol. The van der Waals surface area contributed by atoms with Gasteiger partial charge < -0.3 is 47.0 Å². The molecule has 11 rings (SSSR count). The van der Waals surface area contributed by atoms with Crippen LogP contribution in [0.15, 0.2) is 40.9 Å². The van der Waals surface area contributed by atoms with E-state index in [1.165, 1.54) is 34.2 Å². The average Bonchev–Trinajstić information content (AvgIpc) is 3.83. The molecule has 0 aromatic heterocycles. The Hall–Kier alpha value is -3.21. The van der Waals surface area contributed by atoms with Gasteiger partial charge in [-0.15, -0.1) is 0 Å². The Morgan fingerprint density at radius 1 is 0.566 bits per heavy atom. The number of carbonyl (C=O) groups excluding carboxylic acids is 3. The Balaban J connectivity index is 0.000000173. The van der Waals surface area contributed by atoms with Gasteiger partial charge in [-0.25, -0.2) is 14.4 Å². The normalized spacial score (nSPS) is 27.4. The number of hydrogen-bond acceptors (Lipinski definition) is 13.